The van der Waals surface area contributed by atoms with Gasteiger partial charge in [0.05, 0.1) is 5.02 Å². The van der Waals surface area contributed by atoms with Crippen molar-refractivity contribution in [1.29, 1.82) is 0 Å². The molecule has 0 N–H and O–H groups in total. The van der Waals surface area contributed by atoms with E-state index in [9.17, 15) is 9.59 Å². The highest BCUT2D eigenvalue weighted by Gasteiger charge is 2.20. The number of halogens is 1. The molecule has 19 heavy (non-hydrogen) atoms. The van der Waals surface area contributed by atoms with Crippen LogP contribution >= 0.6 is 11.6 Å². The number of rotatable bonds is 3. The van der Waals surface area contributed by atoms with Crippen LogP contribution in [0.3, 0.4) is 0 Å². The minimum absolute atomic E-state index is 0.243. The molecule has 2 aromatic rings. The highest BCUT2D eigenvalue weighted by molar-refractivity contribution is 6.51. The SMILES string of the molecule is Cc1ccc(C(=O)C(=O)c2ccccc2Cl)cc1C. The zero-order valence-corrected chi connectivity index (χ0v) is 11.5. The molecule has 0 aliphatic carbocycles. The van der Waals surface area contributed by atoms with Gasteiger partial charge in [-0.05, 0) is 43.2 Å². The average Bonchev–Trinajstić information content (AvgIpc) is 2.41. The van der Waals surface area contributed by atoms with Gasteiger partial charge in [-0.15, -0.1) is 0 Å². The second-order valence-electron chi connectivity index (χ2n) is 4.44. The third-order valence-corrected chi connectivity index (χ3v) is 3.42. The van der Waals surface area contributed by atoms with E-state index < -0.39 is 11.6 Å². The maximum absolute atomic E-state index is 12.2. The third kappa shape index (κ3) is 2.74. The van der Waals surface area contributed by atoms with Gasteiger partial charge in [0.1, 0.15) is 0 Å². The summed E-state index contributed by atoms with van der Waals surface area (Å²) in [5.74, 6) is -1.11. The molecule has 0 radical (unpaired) electrons. The molecule has 0 saturated carbocycles. The monoisotopic (exact) mass is 272 g/mol. The molecule has 2 nitrogen and oxygen atoms in total. The largest absolute Gasteiger partial charge is 0.285 e. The van der Waals surface area contributed by atoms with E-state index in [-0.39, 0.29) is 5.56 Å². The summed E-state index contributed by atoms with van der Waals surface area (Å²) in [6, 6.07) is 11.8. The third-order valence-electron chi connectivity index (χ3n) is 3.09. The molecule has 0 amide bonds. The van der Waals surface area contributed by atoms with Crippen LogP contribution < -0.4 is 0 Å². The zero-order chi connectivity index (χ0) is 14.0. The summed E-state index contributed by atoms with van der Waals surface area (Å²) in [5, 5.41) is 0.296. The van der Waals surface area contributed by atoms with Crippen LogP contribution in [-0.4, -0.2) is 11.6 Å². The summed E-state index contributed by atoms with van der Waals surface area (Å²) in [6.45, 7) is 3.87. The molecule has 2 aromatic carbocycles. The summed E-state index contributed by atoms with van der Waals surface area (Å²) in [7, 11) is 0. The van der Waals surface area contributed by atoms with Crippen molar-refractivity contribution >= 4 is 23.2 Å². The lowest BCUT2D eigenvalue weighted by Gasteiger charge is -2.05. The fourth-order valence-electron chi connectivity index (χ4n) is 1.78. The first-order chi connectivity index (χ1) is 9.00. The van der Waals surface area contributed by atoms with Gasteiger partial charge in [-0.3, -0.25) is 9.59 Å². The first-order valence-electron chi connectivity index (χ1n) is 5.91. The van der Waals surface area contributed by atoms with Gasteiger partial charge in [-0.2, -0.15) is 0 Å². The van der Waals surface area contributed by atoms with Gasteiger partial charge in [-0.1, -0.05) is 35.9 Å². The van der Waals surface area contributed by atoms with E-state index >= 15 is 0 Å². The Labute approximate surface area is 117 Å². The summed E-state index contributed by atoms with van der Waals surface area (Å²) < 4.78 is 0. The zero-order valence-electron chi connectivity index (χ0n) is 10.7. The molecule has 0 spiro atoms. The van der Waals surface area contributed by atoms with Crippen LogP contribution in [0.5, 0.6) is 0 Å². The molecule has 0 aromatic heterocycles. The standard InChI is InChI=1S/C16H13ClO2/c1-10-7-8-12(9-11(10)2)15(18)16(19)13-5-3-4-6-14(13)17/h3-9H,1-2H3. The Kier molecular flexibility index (Phi) is 3.82. The molecule has 2 rings (SSSR count). The molecule has 0 aliphatic heterocycles. The Hall–Kier alpha value is -1.93. The number of hydrogen-bond acceptors (Lipinski definition) is 2. The maximum atomic E-state index is 12.2. The molecule has 0 aliphatic rings. The second kappa shape index (κ2) is 5.37. The molecule has 0 heterocycles. The van der Waals surface area contributed by atoms with E-state index in [2.05, 4.69) is 0 Å². The summed E-state index contributed by atoms with van der Waals surface area (Å²) >= 11 is 5.93. The Morgan fingerprint density at radius 1 is 0.895 bits per heavy atom. The predicted molar refractivity (Wildman–Crippen MR) is 76.0 cm³/mol. The van der Waals surface area contributed by atoms with Crippen molar-refractivity contribution in [1.82, 2.24) is 0 Å². The lowest BCUT2D eigenvalue weighted by Crippen LogP contribution is -2.15. The normalized spacial score (nSPS) is 10.3. The summed E-state index contributed by atoms with van der Waals surface area (Å²) in [6.07, 6.45) is 0. The van der Waals surface area contributed by atoms with Crippen molar-refractivity contribution < 1.29 is 9.59 Å². The molecular weight excluding hydrogens is 260 g/mol. The first-order valence-corrected chi connectivity index (χ1v) is 6.29. The van der Waals surface area contributed by atoms with Gasteiger partial charge in [0.2, 0.25) is 11.6 Å². The molecule has 96 valence electrons. The van der Waals surface area contributed by atoms with Crippen LogP contribution in [0.25, 0.3) is 0 Å². The van der Waals surface area contributed by atoms with E-state index in [1.165, 1.54) is 0 Å². The molecule has 0 saturated heterocycles. The minimum atomic E-state index is -0.575. The van der Waals surface area contributed by atoms with Gasteiger partial charge in [-0.25, -0.2) is 0 Å². The van der Waals surface area contributed by atoms with E-state index in [1.807, 2.05) is 19.9 Å². The molecule has 0 fully saturated rings. The second-order valence-corrected chi connectivity index (χ2v) is 4.84. The number of aryl methyl sites for hydroxylation is 2. The van der Waals surface area contributed by atoms with Crippen molar-refractivity contribution in [3.05, 3.63) is 69.7 Å². The van der Waals surface area contributed by atoms with Crippen LogP contribution in [0.4, 0.5) is 0 Å². The van der Waals surface area contributed by atoms with Crippen LogP contribution in [0, 0.1) is 13.8 Å². The Morgan fingerprint density at radius 2 is 1.58 bits per heavy atom. The highest BCUT2D eigenvalue weighted by atomic mass is 35.5. The highest BCUT2D eigenvalue weighted by Crippen LogP contribution is 2.18. The number of carbonyl (C=O) groups excluding carboxylic acids is 2. The van der Waals surface area contributed by atoms with Gasteiger partial charge < -0.3 is 0 Å². The van der Waals surface area contributed by atoms with Gasteiger partial charge in [0, 0.05) is 11.1 Å². The van der Waals surface area contributed by atoms with Gasteiger partial charge in [0.25, 0.3) is 0 Å². The van der Waals surface area contributed by atoms with Crippen molar-refractivity contribution in [2.24, 2.45) is 0 Å². The van der Waals surface area contributed by atoms with E-state index in [4.69, 9.17) is 11.6 Å². The molecule has 0 bridgehead atoms. The van der Waals surface area contributed by atoms with Crippen LogP contribution in [0.1, 0.15) is 31.8 Å². The quantitative estimate of drug-likeness (QED) is 0.625. The smallest absolute Gasteiger partial charge is 0.235 e. The van der Waals surface area contributed by atoms with E-state index in [0.29, 0.717) is 10.6 Å². The van der Waals surface area contributed by atoms with E-state index in [0.717, 1.165) is 11.1 Å². The Balaban J connectivity index is 2.37. The topological polar surface area (TPSA) is 34.1 Å². The molecule has 0 unspecified atom stereocenters. The van der Waals surface area contributed by atoms with Crippen LogP contribution in [-0.2, 0) is 0 Å². The summed E-state index contributed by atoms with van der Waals surface area (Å²) in [4.78, 5) is 24.3. The molecule has 0 atom stereocenters. The molecule has 3 heteroatoms. The number of hydrogen-bond donors (Lipinski definition) is 0. The Morgan fingerprint density at radius 3 is 2.21 bits per heavy atom. The van der Waals surface area contributed by atoms with Crippen molar-refractivity contribution in [2.45, 2.75) is 13.8 Å². The maximum Gasteiger partial charge on any atom is 0.235 e. The number of benzene rings is 2. The van der Waals surface area contributed by atoms with Crippen molar-refractivity contribution in [2.75, 3.05) is 0 Å². The average molecular weight is 273 g/mol. The predicted octanol–water partition coefficient (Wildman–Crippen LogP) is 4.02. The van der Waals surface area contributed by atoms with Crippen LogP contribution in [0.2, 0.25) is 5.02 Å². The number of Topliss-reactive ketones (excluding diaryl/α,β-unsaturated/α-hetero) is 2. The van der Waals surface area contributed by atoms with E-state index in [1.54, 1.807) is 36.4 Å². The number of ketones is 2. The van der Waals surface area contributed by atoms with Crippen molar-refractivity contribution in [3.8, 4) is 0 Å². The summed E-state index contributed by atoms with van der Waals surface area (Å²) in [5.41, 5.74) is 2.71. The Bertz CT molecular complexity index is 660. The molecular formula is C16H13ClO2. The lowest BCUT2D eigenvalue weighted by molar-refractivity contribution is 0.0817. The van der Waals surface area contributed by atoms with Crippen LogP contribution in [0.15, 0.2) is 42.5 Å². The minimum Gasteiger partial charge on any atom is -0.285 e. The first kappa shape index (κ1) is 13.5. The van der Waals surface area contributed by atoms with Gasteiger partial charge >= 0.3 is 0 Å². The van der Waals surface area contributed by atoms with Crippen molar-refractivity contribution in [3.63, 3.8) is 0 Å². The van der Waals surface area contributed by atoms with Gasteiger partial charge in [0.15, 0.2) is 0 Å². The fraction of sp³-hybridized carbons (Fsp3) is 0.125. The fourth-order valence-corrected chi connectivity index (χ4v) is 2.00. The lowest BCUT2D eigenvalue weighted by atomic mass is 9.98. The number of carbonyl (C=O) groups is 2.